The molecule has 0 bridgehead atoms. The maximum absolute atomic E-state index is 11.8. The fraction of sp³-hybridized carbons (Fsp3) is 0.333. The Balaban J connectivity index is 0.00000225. The van der Waals surface area contributed by atoms with Gasteiger partial charge in [-0.05, 0) is 18.1 Å². The predicted octanol–water partition coefficient (Wildman–Crippen LogP) is 0.399. The summed E-state index contributed by atoms with van der Waals surface area (Å²) >= 11 is 3.31. The monoisotopic (exact) mass is 320 g/mol. The van der Waals surface area contributed by atoms with Crippen molar-refractivity contribution in [2.24, 2.45) is 0 Å². The minimum absolute atomic E-state index is 0. The molecule has 84 valence electrons. The Morgan fingerprint density at radius 2 is 1.81 bits per heavy atom. The van der Waals surface area contributed by atoms with Gasteiger partial charge in [-0.15, -0.1) is 0 Å². The van der Waals surface area contributed by atoms with Gasteiger partial charge in [0.15, 0.2) is 0 Å². The Morgan fingerprint density at radius 1 is 1.19 bits per heavy atom. The third-order valence-electron chi connectivity index (χ3n) is 1.78. The van der Waals surface area contributed by atoms with Crippen molar-refractivity contribution in [2.75, 3.05) is 13.1 Å². The van der Waals surface area contributed by atoms with Crippen LogP contribution in [0.2, 0.25) is 0 Å². The van der Waals surface area contributed by atoms with Crippen molar-refractivity contribution < 1.29 is 69.1 Å². The second-order valence-corrected chi connectivity index (χ2v) is 3.98. The van der Waals surface area contributed by atoms with Gasteiger partial charge in [0, 0.05) is 17.6 Å². The molecule has 0 amide bonds. The summed E-state index contributed by atoms with van der Waals surface area (Å²) in [6, 6.07) is 7.40. The molecule has 1 aromatic carbocycles. The van der Waals surface area contributed by atoms with Gasteiger partial charge in [-0.25, -0.2) is 0 Å². The van der Waals surface area contributed by atoms with Crippen LogP contribution in [0.3, 0.4) is 0 Å². The van der Waals surface area contributed by atoms with Gasteiger partial charge in [0.1, 0.15) is 0 Å². The number of hydrogen-bond acceptors (Lipinski definition) is 1. The number of hydrogen-bond donors (Lipinski definition) is 0. The first kappa shape index (κ1) is 17.2. The number of rotatable bonds is 5. The molecular formula is C9H10BBrF3KO. The summed E-state index contributed by atoms with van der Waals surface area (Å²) in [6.07, 6.45) is 0.480. The quantitative estimate of drug-likeness (QED) is 0.564. The molecule has 0 aliphatic rings. The molecule has 0 aliphatic heterocycles. The Morgan fingerprint density at radius 3 is 2.38 bits per heavy atom. The summed E-state index contributed by atoms with van der Waals surface area (Å²) in [4.78, 5) is 0. The van der Waals surface area contributed by atoms with Crippen LogP contribution in [0.1, 0.15) is 5.56 Å². The molecule has 0 unspecified atom stereocenters. The molecule has 1 aromatic rings. The van der Waals surface area contributed by atoms with Crippen LogP contribution in [0.5, 0.6) is 0 Å². The van der Waals surface area contributed by atoms with Crippen LogP contribution >= 0.6 is 15.9 Å². The first-order valence-corrected chi connectivity index (χ1v) is 5.30. The molecule has 0 heterocycles. The average Bonchev–Trinajstić information content (AvgIpc) is 2.13. The molecule has 0 aliphatic carbocycles. The summed E-state index contributed by atoms with van der Waals surface area (Å²) < 4.78 is 40.8. The van der Waals surface area contributed by atoms with Crippen molar-refractivity contribution >= 4 is 22.9 Å². The normalized spacial score (nSPS) is 11.0. The summed E-state index contributed by atoms with van der Waals surface area (Å²) in [5, 5.41) is 0. The molecule has 16 heavy (non-hydrogen) atoms. The zero-order valence-corrected chi connectivity index (χ0v) is 13.6. The zero-order valence-electron chi connectivity index (χ0n) is 8.93. The van der Waals surface area contributed by atoms with Crippen LogP contribution in [0.4, 0.5) is 12.9 Å². The molecule has 0 saturated carbocycles. The van der Waals surface area contributed by atoms with Crippen molar-refractivity contribution in [3.63, 3.8) is 0 Å². The summed E-state index contributed by atoms with van der Waals surface area (Å²) in [5.74, 6) is 0. The van der Waals surface area contributed by atoms with E-state index < -0.39 is 13.5 Å². The summed E-state index contributed by atoms with van der Waals surface area (Å²) in [6.45, 7) is -5.86. The SMILES string of the molecule is F[B-](F)(F)COCCc1ccccc1Br.[K+]. The van der Waals surface area contributed by atoms with Gasteiger partial charge in [-0.2, -0.15) is 0 Å². The van der Waals surface area contributed by atoms with Crippen LogP contribution < -0.4 is 51.4 Å². The van der Waals surface area contributed by atoms with Crippen molar-refractivity contribution in [3.05, 3.63) is 34.3 Å². The molecule has 1 rings (SSSR count). The topological polar surface area (TPSA) is 9.23 Å². The van der Waals surface area contributed by atoms with Crippen molar-refractivity contribution in [1.29, 1.82) is 0 Å². The van der Waals surface area contributed by atoms with Gasteiger partial charge >= 0.3 is 58.4 Å². The van der Waals surface area contributed by atoms with E-state index in [2.05, 4.69) is 20.7 Å². The van der Waals surface area contributed by atoms with E-state index in [0.717, 1.165) is 10.0 Å². The van der Waals surface area contributed by atoms with Crippen LogP contribution in [-0.2, 0) is 11.2 Å². The van der Waals surface area contributed by atoms with E-state index >= 15 is 0 Å². The predicted molar refractivity (Wildman–Crippen MR) is 57.7 cm³/mol. The van der Waals surface area contributed by atoms with E-state index in [1.807, 2.05) is 24.3 Å². The molecule has 0 radical (unpaired) electrons. The second kappa shape index (κ2) is 8.29. The maximum atomic E-state index is 11.8. The Kier molecular flexibility index (Phi) is 8.88. The minimum atomic E-state index is -4.83. The van der Waals surface area contributed by atoms with E-state index in [1.165, 1.54) is 0 Å². The average molecular weight is 321 g/mol. The molecule has 0 fully saturated rings. The van der Waals surface area contributed by atoms with Crippen LogP contribution in [0, 0.1) is 0 Å². The third-order valence-corrected chi connectivity index (χ3v) is 2.55. The van der Waals surface area contributed by atoms with Crippen LogP contribution in [0.25, 0.3) is 0 Å². The van der Waals surface area contributed by atoms with Crippen molar-refractivity contribution in [1.82, 2.24) is 0 Å². The fourth-order valence-corrected chi connectivity index (χ4v) is 1.58. The van der Waals surface area contributed by atoms with Gasteiger partial charge in [0.2, 0.25) is 0 Å². The van der Waals surface area contributed by atoms with Crippen LogP contribution in [-0.4, -0.2) is 20.1 Å². The van der Waals surface area contributed by atoms with E-state index in [0.29, 0.717) is 6.42 Å². The van der Waals surface area contributed by atoms with Gasteiger partial charge < -0.3 is 17.7 Å². The fourth-order valence-electron chi connectivity index (χ4n) is 1.10. The minimum Gasteiger partial charge on any atom is -0.447 e. The Hall–Kier alpha value is 1.15. The van der Waals surface area contributed by atoms with Gasteiger partial charge in [-0.1, -0.05) is 34.1 Å². The van der Waals surface area contributed by atoms with Crippen molar-refractivity contribution in [3.8, 4) is 0 Å². The number of benzene rings is 1. The molecule has 0 spiro atoms. The van der Waals surface area contributed by atoms with Crippen molar-refractivity contribution in [2.45, 2.75) is 6.42 Å². The van der Waals surface area contributed by atoms with E-state index in [1.54, 1.807) is 0 Å². The van der Waals surface area contributed by atoms with E-state index in [-0.39, 0.29) is 58.0 Å². The van der Waals surface area contributed by atoms with Gasteiger partial charge in [0.05, 0.1) is 0 Å². The molecule has 0 saturated heterocycles. The molecule has 0 atom stereocenters. The Bertz CT molecular complexity index is 322. The van der Waals surface area contributed by atoms with Gasteiger partial charge in [0.25, 0.3) is 0 Å². The molecule has 7 heteroatoms. The molecule has 0 N–H and O–H groups in total. The van der Waals surface area contributed by atoms with E-state index in [4.69, 9.17) is 0 Å². The zero-order chi connectivity index (χ0) is 11.3. The molecule has 0 aromatic heterocycles. The Labute approximate surface area is 144 Å². The summed E-state index contributed by atoms with van der Waals surface area (Å²) in [7, 11) is 0. The smallest absolute Gasteiger partial charge is 0.447 e. The maximum Gasteiger partial charge on any atom is 1.00 e. The first-order chi connectivity index (χ1) is 6.99. The standard InChI is InChI=1S/C9H10BBrF3O.K/c11-9-4-2-1-3-8(9)5-6-15-7-10(12,13)14;/h1-4H,5-7H2;/q-1;+1. The number of ether oxygens (including phenoxy) is 1. The second-order valence-electron chi connectivity index (χ2n) is 3.13. The molecule has 1 nitrogen and oxygen atoms in total. The van der Waals surface area contributed by atoms with E-state index in [9.17, 15) is 12.9 Å². The summed E-state index contributed by atoms with van der Waals surface area (Å²) in [5.41, 5.74) is 0.951. The third kappa shape index (κ3) is 7.47. The van der Waals surface area contributed by atoms with Gasteiger partial charge in [-0.3, -0.25) is 0 Å². The largest absolute Gasteiger partial charge is 1.00 e. The molecular weight excluding hydrogens is 311 g/mol. The number of halogens is 4. The van der Waals surface area contributed by atoms with Crippen LogP contribution in [0.15, 0.2) is 28.7 Å². The first-order valence-electron chi connectivity index (χ1n) is 4.51.